The van der Waals surface area contributed by atoms with Gasteiger partial charge in [0.2, 0.25) is 10.0 Å². The summed E-state index contributed by atoms with van der Waals surface area (Å²) in [7, 11) is -3.52. The number of nitrogens with one attached hydrogen (secondary N) is 1. The van der Waals surface area contributed by atoms with Gasteiger partial charge in [-0.1, -0.05) is 23.7 Å². The summed E-state index contributed by atoms with van der Waals surface area (Å²) in [5.41, 5.74) is 0. The van der Waals surface area contributed by atoms with Crippen LogP contribution in [0.2, 0.25) is 5.02 Å². The van der Waals surface area contributed by atoms with Crippen molar-refractivity contribution in [2.24, 2.45) is 5.92 Å². The second-order valence-electron chi connectivity index (χ2n) is 6.28. The summed E-state index contributed by atoms with van der Waals surface area (Å²) < 4.78 is 27.5. The van der Waals surface area contributed by atoms with Gasteiger partial charge in [-0.25, -0.2) is 13.1 Å². The quantitative estimate of drug-likeness (QED) is 0.860. The molecule has 2 aliphatic rings. The minimum atomic E-state index is -3.52. The fraction of sp³-hybridized carbons (Fsp3) is 0.625. The topological polar surface area (TPSA) is 49.4 Å². The highest BCUT2D eigenvalue weighted by Crippen LogP contribution is 2.27. The van der Waals surface area contributed by atoms with Crippen molar-refractivity contribution in [1.82, 2.24) is 9.62 Å². The average Bonchev–Trinajstić information content (AvgIpc) is 3.08. The van der Waals surface area contributed by atoms with Gasteiger partial charge in [-0.05, 0) is 56.2 Å². The van der Waals surface area contributed by atoms with Gasteiger partial charge < -0.3 is 0 Å². The molecule has 2 heterocycles. The molecule has 3 rings (SSSR count). The van der Waals surface area contributed by atoms with Gasteiger partial charge in [0.1, 0.15) is 4.90 Å². The summed E-state index contributed by atoms with van der Waals surface area (Å²) in [5, 5.41) is 0.272. The third kappa shape index (κ3) is 4.42. The van der Waals surface area contributed by atoms with Gasteiger partial charge in [0, 0.05) is 18.3 Å². The first kappa shape index (κ1) is 17.5. The van der Waals surface area contributed by atoms with Crippen LogP contribution in [-0.4, -0.2) is 50.5 Å². The highest BCUT2D eigenvalue weighted by molar-refractivity contribution is 7.99. The highest BCUT2D eigenvalue weighted by atomic mass is 35.5. The van der Waals surface area contributed by atoms with Crippen LogP contribution in [0.25, 0.3) is 0 Å². The van der Waals surface area contributed by atoms with Gasteiger partial charge in [0.05, 0.1) is 5.02 Å². The van der Waals surface area contributed by atoms with E-state index in [4.69, 9.17) is 11.6 Å². The van der Waals surface area contributed by atoms with E-state index in [-0.39, 0.29) is 9.92 Å². The number of rotatable bonds is 5. The maximum atomic E-state index is 12.4. The zero-order chi connectivity index (χ0) is 16.3. The lowest BCUT2D eigenvalue weighted by molar-refractivity contribution is 0.145. The Labute approximate surface area is 148 Å². The van der Waals surface area contributed by atoms with E-state index in [1.807, 2.05) is 11.8 Å². The van der Waals surface area contributed by atoms with Crippen molar-refractivity contribution in [2.45, 2.75) is 30.2 Å². The molecule has 4 nitrogen and oxygen atoms in total. The Bertz CT molecular complexity index is 625. The summed E-state index contributed by atoms with van der Waals surface area (Å²) in [4.78, 5) is 2.75. The number of hydrogen-bond acceptors (Lipinski definition) is 4. The van der Waals surface area contributed by atoms with Gasteiger partial charge >= 0.3 is 0 Å². The van der Waals surface area contributed by atoms with Crippen molar-refractivity contribution in [2.75, 3.05) is 31.1 Å². The Kier molecular flexibility index (Phi) is 5.91. The Balaban J connectivity index is 1.50. The van der Waals surface area contributed by atoms with E-state index in [0.29, 0.717) is 12.5 Å². The number of halogens is 1. The Morgan fingerprint density at radius 1 is 1.22 bits per heavy atom. The molecule has 2 fully saturated rings. The molecule has 0 spiro atoms. The van der Waals surface area contributed by atoms with E-state index < -0.39 is 10.0 Å². The first-order chi connectivity index (χ1) is 11.1. The predicted octanol–water partition coefficient (Wildman–Crippen LogP) is 2.84. The monoisotopic (exact) mass is 374 g/mol. The third-order valence-corrected chi connectivity index (χ3v) is 7.83. The number of benzene rings is 1. The van der Waals surface area contributed by atoms with Crippen molar-refractivity contribution in [3.63, 3.8) is 0 Å². The highest BCUT2D eigenvalue weighted by Gasteiger charge is 2.28. The second-order valence-corrected chi connectivity index (χ2v) is 9.57. The van der Waals surface area contributed by atoms with Crippen LogP contribution >= 0.6 is 23.4 Å². The number of thioether (sulfide) groups is 1. The van der Waals surface area contributed by atoms with E-state index in [0.717, 1.165) is 32.0 Å². The molecule has 1 atom stereocenters. The van der Waals surface area contributed by atoms with Gasteiger partial charge in [-0.2, -0.15) is 11.8 Å². The minimum Gasteiger partial charge on any atom is -0.300 e. The van der Waals surface area contributed by atoms with Gasteiger partial charge in [-0.15, -0.1) is 0 Å². The molecule has 0 amide bonds. The van der Waals surface area contributed by atoms with Crippen LogP contribution in [0.1, 0.15) is 19.3 Å². The number of sulfonamides is 1. The number of nitrogens with zero attached hydrogens (tertiary/aromatic N) is 1. The van der Waals surface area contributed by atoms with Gasteiger partial charge in [0.15, 0.2) is 0 Å². The molecule has 0 unspecified atom stereocenters. The zero-order valence-electron chi connectivity index (χ0n) is 13.1. The van der Waals surface area contributed by atoms with Crippen molar-refractivity contribution >= 4 is 33.4 Å². The smallest absolute Gasteiger partial charge is 0.242 e. The van der Waals surface area contributed by atoms with E-state index in [1.165, 1.54) is 17.9 Å². The molecule has 7 heteroatoms. The lowest BCUT2D eigenvalue weighted by Crippen LogP contribution is -2.43. The molecule has 1 aromatic rings. The van der Waals surface area contributed by atoms with Crippen LogP contribution < -0.4 is 4.72 Å². The lowest BCUT2D eigenvalue weighted by atomic mass is 9.96. The fourth-order valence-corrected chi connectivity index (χ4v) is 6.19. The first-order valence-electron chi connectivity index (χ1n) is 8.12. The van der Waals surface area contributed by atoms with Crippen molar-refractivity contribution in [3.05, 3.63) is 29.3 Å². The molecule has 1 N–H and O–H groups in total. The van der Waals surface area contributed by atoms with Crippen molar-refractivity contribution < 1.29 is 8.42 Å². The van der Waals surface area contributed by atoms with E-state index in [9.17, 15) is 8.42 Å². The molecule has 0 saturated carbocycles. The molecule has 2 aliphatic heterocycles. The van der Waals surface area contributed by atoms with Crippen LogP contribution in [0.5, 0.6) is 0 Å². The summed E-state index contributed by atoms with van der Waals surface area (Å²) in [6.45, 7) is 2.67. The SMILES string of the molecule is O=S(=O)(NCC1CCN([C@@H]2CCSC2)CC1)c1ccccc1Cl. The minimum absolute atomic E-state index is 0.169. The molecule has 0 aliphatic carbocycles. The molecule has 2 saturated heterocycles. The molecular weight excluding hydrogens is 352 g/mol. The van der Waals surface area contributed by atoms with E-state index >= 15 is 0 Å². The lowest BCUT2D eigenvalue weighted by Gasteiger charge is -2.35. The number of hydrogen-bond donors (Lipinski definition) is 1. The molecule has 0 bridgehead atoms. The summed E-state index contributed by atoms with van der Waals surface area (Å²) in [5.74, 6) is 2.95. The summed E-state index contributed by atoms with van der Waals surface area (Å²) >= 11 is 8.04. The predicted molar refractivity (Wildman–Crippen MR) is 96.7 cm³/mol. The van der Waals surface area contributed by atoms with Crippen LogP contribution in [0, 0.1) is 5.92 Å². The van der Waals surface area contributed by atoms with E-state index in [2.05, 4.69) is 9.62 Å². The number of likely N-dealkylation sites (tertiary alicyclic amines) is 1. The molecular formula is C16H23ClN2O2S2. The molecule has 23 heavy (non-hydrogen) atoms. The first-order valence-corrected chi connectivity index (χ1v) is 11.1. The van der Waals surface area contributed by atoms with Crippen molar-refractivity contribution in [1.29, 1.82) is 0 Å². The largest absolute Gasteiger partial charge is 0.300 e. The summed E-state index contributed by atoms with van der Waals surface area (Å²) in [6, 6.07) is 7.32. The maximum Gasteiger partial charge on any atom is 0.242 e. The standard InChI is InChI=1S/C16H23ClN2O2S2/c17-15-3-1-2-4-16(15)23(20,21)18-11-13-5-8-19(9-6-13)14-7-10-22-12-14/h1-4,13-14,18H,5-12H2/t14-/m1/s1. The normalized spacial score (nSPS) is 24.1. The van der Waals surface area contributed by atoms with Crippen LogP contribution in [-0.2, 0) is 10.0 Å². The third-order valence-electron chi connectivity index (χ3n) is 4.76. The van der Waals surface area contributed by atoms with Gasteiger partial charge in [0.25, 0.3) is 0 Å². The molecule has 0 radical (unpaired) electrons. The van der Waals surface area contributed by atoms with Crippen LogP contribution in [0.15, 0.2) is 29.2 Å². The Morgan fingerprint density at radius 3 is 2.61 bits per heavy atom. The molecule has 0 aromatic heterocycles. The zero-order valence-corrected chi connectivity index (χ0v) is 15.5. The van der Waals surface area contributed by atoms with Crippen LogP contribution in [0.4, 0.5) is 0 Å². The molecule has 128 valence electrons. The van der Waals surface area contributed by atoms with Crippen LogP contribution in [0.3, 0.4) is 0 Å². The van der Waals surface area contributed by atoms with Gasteiger partial charge in [-0.3, -0.25) is 4.90 Å². The summed E-state index contributed by atoms with van der Waals surface area (Å²) in [6.07, 6.45) is 3.42. The second kappa shape index (κ2) is 7.74. The van der Waals surface area contributed by atoms with Crippen molar-refractivity contribution in [3.8, 4) is 0 Å². The fourth-order valence-electron chi connectivity index (χ4n) is 3.30. The molecule has 1 aromatic carbocycles. The Morgan fingerprint density at radius 2 is 1.96 bits per heavy atom. The number of piperidine rings is 1. The van der Waals surface area contributed by atoms with E-state index in [1.54, 1.807) is 24.3 Å². The Hall–Kier alpha value is -0.270. The average molecular weight is 375 g/mol. The maximum absolute atomic E-state index is 12.4.